The number of hydrogen-bond donors (Lipinski definition) is 1. The van der Waals surface area contributed by atoms with Gasteiger partial charge in [-0.05, 0) is 25.9 Å². The van der Waals surface area contributed by atoms with Crippen molar-refractivity contribution in [1.82, 2.24) is 15.4 Å². The Morgan fingerprint density at radius 2 is 2.60 bits per heavy atom. The second kappa shape index (κ2) is 5.28. The van der Waals surface area contributed by atoms with Crippen LogP contribution < -0.4 is 5.32 Å². The minimum atomic E-state index is 0.649. The Hall–Kier alpha value is -0.870. The molecule has 0 aliphatic carbocycles. The summed E-state index contributed by atoms with van der Waals surface area (Å²) in [5, 5.41) is 7.45. The van der Waals surface area contributed by atoms with Gasteiger partial charge in [0.25, 0.3) is 0 Å². The first-order chi connectivity index (χ1) is 7.38. The summed E-state index contributed by atoms with van der Waals surface area (Å²) in [6, 6.07) is 2.59. The Balaban J connectivity index is 1.82. The van der Waals surface area contributed by atoms with Gasteiger partial charge in [-0.15, -0.1) is 0 Å². The van der Waals surface area contributed by atoms with Gasteiger partial charge >= 0.3 is 0 Å². The van der Waals surface area contributed by atoms with Gasteiger partial charge in [-0.1, -0.05) is 12.1 Å². The average molecular weight is 209 g/mol. The molecule has 1 aliphatic heterocycles. The first-order valence-electron chi connectivity index (χ1n) is 5.73. The van der Waals surface area contributed by atoms with Gasteiger partial charge in [-0.25, -0.2) is 0 Å². The molecule has 1 aromatic rings. The molecule has 0 aromatic carbocycles. The molecule has 0 bridgehead atoms. The number of nitrogens with one attached hydrogen (secondary N) is 1. The maximum absolute atomic E-state index is 4.84. The minimum Gasteiger partial charge on any atom is -0.364 e. The minimum absolute atomic E-state index is 0.649. The summed E-state index contributed by atoms with van der Waals surface area (Å²) >= 11 is 0. The van der Waals surface area contributed by atoms with E-state index in [0.29, 0.717) is 6.04 Å². The van der Waals surface area contributed by atoms with E-state index in [2.05, 4.69) is 22.3 Å². The zero-order chi connectivity index (χ0) is 10.5. The second-order valence-electron chi connectivity index (χ2n) is 4.12. The van der Waals surface area contributed by atoms with Crippen LogP contribution in [0.1, 0.15) is 25.5 Å². The highest BCUT2D eigenvalue weighted by molar-refractivity contribution is 4.95. The van der Waals surface area contributed by atoms with Crippen molar-refractivity contribution in [2.75, 3.05) is 19.6 Å². The van der Waals surface area contributed by atoms with Gasteiger partial charge in [0.05, 0.1) is 5.69 Å². The van der Waals surface area contributed by atoms with Crippen molar-refractivity contribution in [2.45, 2.75) is 32.4 Å². The van der Waals surface area contributed by atoms with Crippen molar-refractivity contribution < 1.29 is 4.52 Å². The Kier molecular flexibility index (Phi) is 3.75. The lowest BCUT2D eigenvalue weighted by atomic mass is 10.1. The molecular formula is C11H19N3O. The maximum atomic E-state index is 4.84. The van der Waals surface area contributed by atoms with Crippen LogP contribution in [-0.4, -0.2) is 35.7 Å². The molecule has 15 heavy (non-hydrogen) atoms. The molecule has 1 atom stereocenters. The summed E-state index contributed by atoms with van der Waals surface area (Å²) in [6.45, 7) is 6.44. The quantitative estimate of drug-likeness (QED) is 0.810. The fourth-order valence-corrected chi connectivity index (χ4v) is 2.20. The molecule has 0 spiro atoms. The molecule has 0 saturated carbocycles. The third kappa shape index (κ3) is 3.04. The van der Waals surface area contributed by atoms with Crippen LogP contribution in [0.2, 0.25) is 0 Å². The summed E-state index contributed by atoms with van der Waals surface area (Å²) in [4.78, 5) is 2.44. The van der Waals surface area contributed by atoms with E-state index in [4.69, 9.17) is 4.52 Å². The SMILES string of the molecule is CCNC1CCCN(Cc2ccon2)C1. The Bertz CT molecular complexity index is 271. The van der Waals surface area contributed by atoms with Crippen molar-refractivity contribution in [3.05, 3.63) is 18.0 Å². The zero-order valence-electron chi connectivity index (χ0n) is 9.28. The average Bonchev–Trinajstić information content (AvgIpc) is 2.71. The second-order valence-corrected chi connectivity index (χ2v) is 4.12. The number of nitrogens with zero attached hydrogens (tertiary/aromatic N) is 2. The summed E-state index contributed by atoms with van der Waals surface area (Å²) < 4.78 is 4.84. The van der Waals surface area contributed by atoms with Gasteiger partial charge < -0.3 is 9.84 Å². The summed E-state index contributed by atoms with van der Waals surface area (Å²) in [5.74, 6) is 0. The molecular weight excluding hydrogens is 190 g/mol. The molecule has 2 heterocycles. The first kappa shape index (κ1) is 10.6. The predicted octanol–water partition coefficient (Wildman–Crippen LogP) is 1.25. The van der Waals surface area contributed by atoms with Crippen LogP contribution in [0.5, 0.6) is 0 Å². The molecule has 1 fully saturated rings. The topological polar surface area (TPSA) is 41.3 Å². The van der Waals surface area contributed by atoms with Crippen LogP contribution in [0.3, 0.4) is 0 Å². The van der Waals surface area contributed by atoms with E-state index in [1.54, 1.807) is 6.26 Å². The van der Waals surface area contributed by atoms with Crippen LogP contribution >= 0.6 is 0 Å². The van der Waals surface area contributed by atoms with E-state index in [1.165, 1.54) is 19.4 Å². The number of hydrogen-bond acceptors (Lipinski definition) is 4. The molecule has 1 saturated heterocycles. The van der Waals surface area contributed by atoms with Crippen LogP contribution in [0.25, 0.3) is 0 Å². The lowest BCUT2D eigenvalue weighted by Crippen LogP contribution is -2.45. The van der Waals surface area contributed by atoms with Crippen LogP contribution in [0, 0.1) is 0 Å². The molecule has 4 nitrogen and oxygen atoms in total. The van der Waals surface area contributed by atoms with Gasteiger partial charge in [0.15, 0.2) is 0 Å². The third-order valence-corrected chi connectivity index (χ3v) is 2.88. The number of rotatable bonds is 4. The zero-order valence-corrected chi connectivity index (χ0v) is 9.28. The highest BCUT2D eigenvalue weighted by atomic mass is 16.5. The number of aromatic nitrogens is 1. The number of likely N-dealkylation sites (tertiary alicyclic amines) is 1. The Labute approximate surface area is 90.6 Å². The van der Waals surface area contributed by atoms with E-state index < -0.39 is 0 Å². The van der Waals surface area contributed by atoms with Crippen LogP contribution in [0.4, 0.5) is 0 Å². The summed E-state index contributed by atoms with van der Waals surface area (Å²) in [6.07, 6.45) is 4.21. The monoisotopic (exact) mass is 209 g/mol. The van der Waals surface area contributed by atoms with Crippen molar-refractivity contribution in [3.8, 4) is 0 Å². The number of piperidine rings is 1. The fraction of sp³-hybridized carbons (Fsp3) is 0.727. The van der Waals surface area contributed by atoms with Gasteiger partial charge in [0, 0.05) is 25.2 Å². The van der Waals surface area contributed by atoms with Gasteiger partial charge in [-0.3, -0.25) is 4.90 Å². The lowest BCUT2D eigenvalue weighted by molar-refractivity contribution is 0.180. The van der Waals surface area contributed by atoms with Gasteiger partial charge in [0.1, 0.15) is 6.26 Å². The van der Waals surface area contributed by atoms with Crippen molar-refractivity contribution in [2.24, 2.45) is 0 Å². The molecule has 84 valence electrons. The van der Waals surface area contributed by atoms with Crippen molar-refractivity contribution in [1.29, 1.82) is 0 Å². The van der Waals surface area contributed by atoms with Gasteiger partial charge in [-0.2, -0.15) is 0 Å². The molecule has 0 amide bonds. The first-order valence-corrected chi connectivity index (χ1v) is 5.73. The Morgan fingerprint density at radius 3 is 3.33 bits per heavy atom. The molecule has 4 heteroatoms. The molecule has 1 aromatic heterocycles. The van der Waals surface area contributed by atoms with Crippen molar-refractivity contribution in [3.63, 3.8) is 0 Å². The summed E-state index contributed by atoms with van der Waals surface area (Å²) in [5.41, 5.74) is 1.03. The normalized spacial score (nSPS) is 23.1. The Morgan fingerprint density at radius 1 is 1.67 bits per heavy atom. The largest absolute Gasteiger partial charge is 0.364 e. The smallest absolute Gasteiger partial charge is 0.124 e. The van der Waals surface area contributed by atoms with Gasteiger partial charge in [0.2, 0.25) is 0 Å². The maximum Gasteiger partial charge on any atom is 0.124 e. The van der Waals surface area contributed by atoms with E-state index in [0.717, 1.165) is 25.3 Å². The number of likely N-dealkylation sites (N-methyl/N-ethyl adjacent to an activating group) is 1. The standard InChI is InChI=1S/C11H19N3O/c1-2-12-10-4-3-6-14(8-10)9-11-5-7-15-13-11/h5,7,10,12H,2-4,6,8-9H2,1H3. The molecule has 2 rings (SSSR count). The molecule has 1 aliphatic rings. The molecule has 1 unspecified atom stereocenters. The fourth-order valence-electron chi connectivity index (χ4n) is 2.20. The third-order valence-electron chi connectivity index (χ3n) is 2.88. The predicted molar refractivity (Wildman–Crippen MR) is 58.5 cm³/mol. The molecule has 1 N–H and O–H groups in total. The lowest BCUT2D eigenvalue weighted by Gasteiger charge is -2.32. The highest BCUT2D eigenvalue weighted by Crippen LogP contribution is 2.12. The summed E-state index contributed by atoms with van der Waals surface area (Å²) in [7, 11) is 0. The van der Waals surface area contributed by atoms with E-state index in [9.17, 15) is 0 Å². The van der Waals surface area contributed by atoms with E-state index >= 15 is 0 Å². The van der Waals surface area contributed by atoms with Crippen LogP contribution in [0.15, 0.2) is 16.9 Å². The van der Waals surface area contributed by atoms with Crippen molar-refractivity contribution >= 4 is 0 Å². The van der Waals surface area contributed by atoms with E-state index in [-0.39, 0.29) is 0 Å². The van der Waals surface area contributed by atoms with E-state index in [1.807, 2.05) is 6.07 Å². The molecule has 0 radical (unpaired) electrons. The van der Waals surface area contributed by atoms with Crippen LogP contribution in [-0.2, 0) is 6.54 Å². The highest BCUT2D eigenvalue weighted by Gasteiger charge is 2.19.